The highest BCUT2D eigenvalue weighted by Crippen LogP contribution is 2.25. The molecule has 0 saturated heterocycles. The summed E-state index contributed by atoms with van der Waals surface area (Å²) in [6.07, 6.45) is 3.72. The largest absolute Gasteiger partial charge is 0.478 e. The van der Waals surface area contributed by atoms with E-state index >= 15 is 0 Å². The third kappa shape index (κ3) is 5.35. The molecule has 0 aromatic heterocycles. The highest BCUT2D eigenvalue weighted by atomic mass is 16.5. The lowest BCUT2D eigenvalue weighted by Crippen LogP contribution is -2.43. The maximum Gasteiger partial charge on any atom is 0.348 e. The minimum absolute atomic E-state index is 0.322. The van der Waals surface area contributed by atoms with Gasteiger partial charge in [-0.3, -0.25) is 0 Å². The predicted octanol–water partition coefficient (Wildman–Crippen LogP) is 5.62. The fourth-order valence-electron chi connectivity index (χ4n) is 2.93. The standard InChI is InChI=1S/C23H30O3/c1-5-6-7-18-8-10-19(11-9-18)16-23(4,22(24)25)26-21-14-12-20(13-15-21)17(2)3/h8-15,17H,5-7,16H2,1-4H3,(H,24,25). The summed E-state index contributed by atoms with van der Waals surface area (Å²) >= 11 is 0. The van der Waals surface area contributed by atoms with Crippen molar-refractivity contribution in [2.45, 2.75) is 64.9 Å². The van der Waals surface area contributed by atoms with Crippen molar-refractivity contribution in [2.24, 2.45) is 0 Å². The van der Waals surface area contributed by atoms with Gasteiger partial charge in [0.1, 0.15) is 5.75 Å². The Morgan fingerprint density at radius 3 is 2.12 bits per heavy atom. The zero-order chi connectivity index (χ0) is 19.2. The van der Waals surface area contributed by atoms with E-state index in [0.29, 0.717) is 18.1 Å². The molecule has 1 N–H and O–H groups in total. The van der Waals surface area contributed by atoms with Crippen LogP contribution in [0.25, 0.3) is 0 Å². The number of benzene rings is 2. The van der Waals surface area contributed by atoms with Gasteiger partial charge >= 0.3 is 5.97 Å². The number of carboxylic acids is 1. The van der Waals surface area contributed by atoms with E-state index in [1.807, 2.05) is 36.4 Å². The van der Waals surface area contributed by atoms with Crippen LogP contribution in [-0.4, -0.2) is 16.7 Å². The van der Waals surface area contributed by atoms with Crippen molar-refractivity contribution in [3.63, 3.8) is 0 Å². The Morgan fingerprint density at radius 2 is 1.62 bits per heavy atom. The predicted molar refractivity (Wildman–Crippen MR) is 106 cm³/mol. The minimum atomic E-state index is -1.30. The second-order valence-electron chi connectivity index (χ2n) is 7.46. The van der Waals surface area contributed by atoms with Crippen molar-refractivity contribution < 1.29 is 14.6 Å². The van der Waals surface area contributed by atoms with Crippen molar-refractivity contribution in [2.75, 3.05) is 0 Å². The normalized spacial score (nSPS) is 13.4. The zero-order valence-electron chi connectivity index (χ0n) is 16.3. The van der Waals surface area contributed by atoms with Crippen LogP contribution in [0.5, 0.6) is 5.75 Å². The third-order valence-electron chi connectivity index (χ3n) is 4.73. The summed E-state index contributed by atoms with van der Waals surface area (Å²) in [5.41, 5.74) is 2.16. The molecule has 140 valence electrons. The molecule has 2 aromatic carbocycles. The van der Waals surface area contributed by atoms with Crippen LogP contribution in [0.15, 0.2) is 48.5 Å². The summed E-state index contributed by atoms with van der Waals surface area (Å²) in [5, 5.41) is 9.74. The van der Waals surface area contributed by atoms with Crippen LogP contribution < -0.4 is 4.74 Å². The molecule has 1 atom stereocenters. The smallest absolute Gasteiger partial charge is 0.348 e. The van der Waals surface area contributed by atoms with Gasteiger partial charge in [-0.25, -0.2) is 4.79 Å². The molecule has 3 nitrogen and oxygen atoms in total. The summed E-state index contributed by atoms with van der Waals surface area (Å²) in [6.45, 7) is 8.07. The molecule has 0 amide bonds. The van der Waals surface area contributed by atoms with E-state index in [1.165, 1.54) is 24.0 Å². The second-order valence-corrected chi connectivity index (χ2v) is 7.46. The molecule has 0 spiro atoms. The van der Waals surface area contributed by atoms with Crippen LogP contribution >= 0.6 is 0 Å². The van der Waals surface area contributed by atoms with Crippen LogP contribution in [-0.2, 0) is 17.6 Å². The maximum atomic E-state index is 11.9. The van der Waals surface area contributed by atoms with E-state index in [2.05, 4.69) is 32.9 Å². The molecule has 1 unspecified atom stereocenters. The van der Waals surface area contributed by atoms with Gasteiger partial charge < -0.3 is 9.84 Å². The van der Waals surface area contributed by atoms with Gasteiger partial charge in [0.15, 0.2) is 0 Å². The lowest BCUT2D eigenvalue weighted by Gasteiger charge is -2.27. The Morgan fingerprint density at radius 1 is 1.04 bits per heavy atom. The van der Waals surface area contributed by atoms with Crippen LogP contribution in [0.1, 0.15) is 63.1 Å². The number of carbonyl (C=O) groups is 1. The van der Waals surface area contributed by atoms with E-state index in [-0.39, 0.29) is 0 Å². The first kappa shape index (κ1) is 20.0. The third-order valence-corrected chi connectivity index (χ3v) is 4.73. The Bertz CT molecular complexity index is 701. The quantitative estimate of drug-likeness (QED) is 0.636. The number of hydrogen-bond donors (Lipinski definition) is 1. The molecule has 2 rings (SSSR count). The lowest BCUT2D eigenvalue weighted by atomic mass is 9.95. The van der Waals surface area contributed by atoms with Crippen LogP contribution in [0.2, 0.25) is 0 Å². The van der Waals surface area contributed by atoms with Crippen molar-refractivity contribution in [1.82, 2.24) is 0 Å². The molecule has 0 aliphatic carbocycles. The van der Waals surface area contributed by atoms with Gasteiger partial charge in [0.2, 0.25) is 5.60 Å². The first-order chi connectivity index (χ1) is 12.3. The summed E-state index contributed by atoms with van der Waals surface area (Å²) in [5.74, 6) is 0.0560. The molecule has 0 radical (unpaired) electrons. The molecule has 2 aromatic rings. The monoisotopic (exact) mass is 354 g/mol. The van der Waals surface area contributed by atoms with Crippen LogP contribution in [0.3, 0.4) is 0 Å². The van der Waals surface area contributed by atoms with Gasteiger partial charge in [-0.1, -0.05) is 63.6 Å². The number of carboxylic acid groups (broad SMARTS) is 1. The number of aliphatic carboxylic acids is 1. The average Bonchev–Trinajstić information content (AvgIpc) is 2.61. The summed E-state index contributed by atoms with van der Waals surface area (Å²) in [7, 11) is 0. The number of hydrogen-bond acceptors (Lipinski definition) is 2. The average molecular weight is 354 g/mol. The van der Waals surface area contributed by atoms with Gasteiger partial charge in [-0.15, -0.1) is 0 Å². The van der Waals surface area contributed by atoms with Gasteiger partial charge in [0.25, 0.3) is 0 Å². The van der Waals surface area contributed by atoms with E-state index in [0.717, 1.165) is 12.0 Å². The molecule has 3 heteroatoms. The van der Waals surface area contributed by atoms with Crippen molar-refractivity contribution in [3.8, 4) is 5.75 Å². The van der Waals surface area contributed by atoms with Crippen molar-refractivity contribution in [1.29, 1.82) is 0 Å². The first-order valence-corrected chi connectivity index (χ1v) is 9.44. The van der Waals surface area contributed by atoms with E-state index in [1.54, 1.807) is 6.92 Å². The molecule has 0 fully saturated rings. The SMILES string of the molecule is CCCCc1ccc(CC(C)(Oc2ccc(C(C)C)cc2)C(=O)O)cc1. The first-order valence-electron chi connectivity index (χ1n) is 9.44. The van der Waals surface area contributed by atoms with Crippen molar-refractivity contribution in [3.05, 3.63) is 65.2 Å². The number of unbranched alkanes of at least 4 members (excludes halogenated alkanes) is 1. The van der Waals surface area contributed by atoms with Gasteiger partial charge in [-0.2, -0.15) is 0 Å². The molecule has 0 aliphatic heterocycles. The fraction of sp³-hybridized carbons (Fsp3) is 0.435. The zero-order valence-corrected chi connectivity index (χ0v) is 16.3. The molecule has 0 saturated carbocycles. The molecule has 26 heavy (non-hydrogen) atoms. The summed E-state index contributed by atoms with van der Waals surface area (Å²) < 4.78 is 5.90. The Balaban J connectivity index is 2.12. The molecular formula is C23H30O3. The molecular weight excluding hydrogens is 324 g/mol. The van der Waals surface area contributed by atoms with E-state index in [4.69, 9.17) is 4.74 Å². The number of aryl methyl sites for hydroxylation is 1. The fourth-order valence-corrected chi connectivity index (χ4v) is 2.93. The van der Waals surface area contributed by atoms with Gasteiger partial charge in [0.05, 0.1) is 0 Å². The minimum Gasteiger partial charge on any atom is -0.478 e. The second kappa shape index (κ2) is 8.88. The number of ether oxygens (including phenoxy) is 1. The highest BCUT2D eigenvalue weighted by molar-refractivity contribution is 5.78. The summed E-state index contributed by atoms with van der Waals surface area (Å²) in [6, 6.07) is 15.9. The van der Waals surface area contributed by atoms with Crippen molar-refractivity contribution >= 4 is 5.97 Å². The highest BCUT2D eigenvalue weighted by Gasteiger charge is 2.36. The maximum absolute atomic E-state index is 11.9. The summed E-state index contributed by atoms with van der Waals surface area (Å²) in [4.78, 5) is 11.9. The Labute approximate surface area is 157 Å². The van der Waals surface area contributed by atoms with Crippen LogP contribution in [0.4, 0.5) is 0 Å². The van der Waals surface area contributed by atoms with E-state index in [9.17, 15) is 9.90 Å². The molecule has 0 aliphatic rings. The van der Waals surface area contributed by atoms with Crippen LogP contribution in [0, 0.1) is 0 Å². The Kier molecular flexibility index (Phi) is 6.84. The molecule has 0 heterocycles. The lowest BCUT2D eigenvalue weighted by molar-refractivity contribution is -0.153. The van der Waals surface area contributed by atoms with E-state index < -0.39 is 11.6 Å². The Hall–Kier alpha value is -2.29. The molecule has 0 bridgehead atoms. The van der Waals surface area contributed by atoms with Gasteiger partial charge in [-0.05, 0) is 54.5 Å². The van der Waals surface area contributed by atoms with Gasteiger partial charge in [0, 0.05) is 6.42 Å². The number of rotatable bonds is 9. The topological polar surface area (TPSA) is 46.5 Å².